The molecule has 0 atom stereocenters. The van der Waals surface area contributed by atoms with Gasteiger partial charge in [0.1, 0.15) is 5.75 Å². The van der Waals surface area contributed by atoms with Crippen LogP contribution in [0.25, 0.3) is 11.3 Å². The largest absolute Gasteiger partial charge is 0.573 e. The normalized spacial score (nSPS) is 12.9. The van der Waals surface area contributed by atoms with Gasteiger partial charge in [-0.2, -0.15) is 0 Å². The molecule has 4 rings (SSSR count). The molecule has 3 aromatic rings. The van der Waals surface area contributed by atoms with Gasteiger partial charge in [0.05, 0.1) is 0 Å². The standard InChI is InChI=1S/C19H13F3N2O3/c20-19(21,22)26-13-8-6-12(7-9-13)23-18(25)16-15-10-5-11-3-1-2-4-14(11)17(15)27-24-16/h1-4,6-9H,5,10H2,(H,23,25). The van der Waals surface area contributed by atoms with Gasteiger partial charge in [0.15, 0.2) is 11.5 Å². The van der Waals surface area contributed by atoms with Crippen molar-refractivity contribution in [1.29, 1.82) is 0 Å². The summed E-state index contributed by atoms with van der Waals surface area (Å²) in [7, 11) is 0. The maximum Gasteiger partial charge on any atom is 0.573 e. The highest BCUT2D eigenvalue weighted by Gasteiger charge is 2.31. The maximum absolute atomic E-state index is 12.5. The van der Waals surface area contributed by atoms with Crippen molar-refractivity contribution in [2.45, 2.75) is 19.2 Å². The lowest BCUT2D eigenvalue weighted by Gasteiger charge is -2.14. The molecule has 1 heterocycles. The number of benzene rings is 2. The van der Waals surface area contributed by atoms with E-state index >= 15 is 0 Å². The predicted molar refractivity (Wildman–Crippen MR) is 90.4 cm³/mol. The highest BCUT2D eigenvalue weighted by molar-refractivity contribution is 6.04. The van der Waals surface area contributed by atoms with Gasteiger partial charge in [-0.25, -0.2) is 0 Å². The lowest BCUT2D eigenvalue weighted by atomic mass is 9.89. The summed E-state index contributed by atoms with van der Waals surface area (Å²) in [4.78, 5) is 12.5. The zero-order chi connectivity index (χ0) is 19.0. The first kappa shape index (κ1) is 17.1. The first-order valence-electron chi connectivity index (χ1n) is 8.15. The molecule has 8 heteroatoms. The highest BCUT2D eigenvalue weighted by Crippen LogP contribution is 2.35. The molecule has 27 heavy (non-hydrogen) atoms. The second-order valence-corrected chi connectivity index (χ2v) is 6.02. The summed E-state index contributed by atoms with van der Waals surface area (Å²) in [6.45, 7) is 0. The summed E-state index contributed by atoms with van der Waals surface area (Å²) < 4.78 is 45.8. The van der Waals surface area contributed by atoms with Gasteiger partial charge in [-0.15, -0.1) is 13.2 Å². The number of nitrogens with one attached hydrogen (secondary N) is 1. The third-order valence-corrected chi connectivity index (χ3v) is 4.26. The van der Waals surface area contributed by atoms with Crippen LogP contribution in [-0.4, -0.2) is 17.4 Å². The Morgan fingerprint density at radius 3 is 2.56 bits per heavy atom. The summed E-state index contributed by atoms with van der Waals surface area (Å²) in [5, 5.41) is 6.51. The number of nitrogens with zero attached hydrogens (tertiary/aromatic N) is 1. The Morgan fingerprint density at radius 2 is 1.81 bits per heavy atom. The zero-order valence-corrected chi connectivity index (χ0v) is 13.8. The summed E-state index contributed by atoms with van der Waals surface area (Å²) in [6.07, 6.45) is -3.37. The van der Waals surface area contributed by atoms with Gasteiger partial charge < -0.3 is 14.6 Å². The minimum atomic E-state index is -4.76. The summed E-state index contributed by atoms with van der Waals surface area (Å²) in [6, 6.07) is 12.6. The van der Waals surface area contributed by atoms with Crippen molar-refractivity contribution in [1.82, 2.24) is 5.16 Å². The Hall–Kier alpha value is -3.29. The molecule has 0 saturated carbocycles. The van der Waals surface area contributed by atoms with E-state index in [0.29, 0.717) is 17.9 Å². The molecule has 138 valence electrons. The van der Waals surface area contributed by atoms with E-state index in [1.807, 2.05) is 24.3 Å². The summed E-state index contributed by atoms with van der Waals surface area (Å²) >= 11 is 0. The topological polar surface area (TPSA) is 64.4 Å². The second-order valence-electron chi connectivity index (χ2n) is 6.02. The highest BCUT2D eigenvalue weighted by atomic mass is 19.4. The summed E-state index contributed by atoms with van der Waals surface area (Å²) in [5.74, 6) is -0.268. The molecule has 0 radical (unpaired) electrons. The first-order valence-corrected chi connectivity index (χ1v) is 8.15. The van der Waals surface area contributed by atoms with Crippen LogP contribution in [-0.2, 0) is 12.8 Å². The lowest BCUT2D eigenvalue weighted by molar-refractivity contribution is -0.274. The number of aromatic nitrogens is 1. The molecule has 5 nitrogen and oxygen atoms in total. The van der Waals surface area contributed by atoms with Crippen LogP contribution in [0, 0.1) is 0 Å². The van der Waals surface area contributed by atoms with Gasteiger partial charge in [0, 0.05) is 16.8 Å². The zero-order valence-electron chi connectivity index (χ0n) is 13.8. The van der Waals surface area contributed by atoms with E-state index in [1.54, 1.807) is 0 Å². The third kappa shape index (κ3) is 3.51. The second kappa shape index (κ2) is 6.46. The Morgan fingerprint density at radius 1 is 1.07 bits per heavy atom. The molecule has 0 fully saturated rings. The van der Waals surface area contributed by atoms with Crippen molar-refractivity contribution in [2.24, 2.45) is 0 Å². The number of alkyl halides is 3. The molecule has 0 saturated heterocycles. The van der Waals surface area contributed by atoms with Crippen molar-refractivity contribution < 1.29 is 27.2 Å². The number of carbonyl (C=O) groups is 1. The number of carbonyl (C=O) groups excluding carboxylic acids is 1. The van der Waals surface area contributed by atoms with E-state index in [2.05, 4.69) is 15.2 Å². The van der Waals surface area contributed by atoms with Crippen molar-refractivity contribution in [2.75, 3.05) is 5.32 Å². The fourth-order valence-corrected chi connectivity index (χ4v) is 3.08. The molecule has 0 spiro atoms. The fraction of sp³-hybridized carbons (Fsp3) is 0.158. The van der Waals surface area contributed by atoms with Crippen LogP contribution in [0.2, 0.25) is 0 Å². The van der Waals surface area contributed by atoms with Gasteiger partial charge >= 0.3 is 6.36 Å². The van der Waals surface area contributed by atoms with Crippen LogP contribution in [0.4, 0.5) is 18.9 Å². The number of anilines is 1. The molecule has 1 N–H and O–H groups in total. The Labute approximate surface area is 151 Å². The number of rotatable bonds is 3. The molecule has 0 unspecified atom stereocenters. The molecule has 1 aliphatic rings. The maximum atomic E-state index is 12.5. The van der Waals surface area contributed by atoms with Gasteiger partial charge in [0.25, 0.3) is 5.91 Å². The van der Waals surface area contributed by atoms with Gasteiger partial charge in [-0.3, -0.25) is 4.79 Å². The van der Waals surface area contributed by atoms with Crippen LogP contribution in [0.5, 0.6) is 5.75 Å². The van der Waals surface area contributed by atoms with E-state index in [1.165, 1.54) is 12.1 Å². The lowest BCUT2D eigenvalue weighted by Crippen LogP contribution is -2.17. The molecule has 2 aromatic carbocycles. The minimum Gasteiger partial charge on any atom is -0.406 e. The predicted octanol–water partition coefficient (Wildman–Crippen LogP) is 4.59. The molecule has 0 bridgehead atoms. The number of hydrogen-bond donors (Lipinski definition) is 1. The van der Waals surface area contributed by atoms with Crippen LogP contribution >= 0.6 is 0 Å². The van der Waals surface area contributed by atoms with Crippen molar-refractivity contribution >= 4 is 11.6 Å². The van der Waals surface area contributed by atoms with Crippen LogP contribution < -0.4 is 10.1 Å². The SMILES string of the molecule is O=C(Nc1ccc(OC(F)(F)F)cc1)c1noc2c1CCc1ccccc1-2. The number of halogens is 3. The smallest absolute Gasteiger partial charge is 0.406 e. The number of hydrogen-bond acceptors (Lipinski definition) is 4. The Balaban J connectivity index is 1.53. The van der Waals surface area contributed by atoms with Gasteiger partial charge in [-0.1, -0.05) is 29.4 Å². The average Bonchev–Trinajstić information content (AvgIpc) is 3.07. The van der Waals surface area contributed by atoms with E-state index in [4.69, 9.17) is 4.52 Å². The van der Waals surface area contributed by atoms with Gasteiger partial charge in [0.2, 0.25) is 0 Å². The molecule has 0 aliphatic heterocycles. The number of fused-ring (bicyclic) bond motifs is 3. The van der Waals surface area contributed by atoms with E-state index in [9.17, 15) is 18.0 Å². The van der Waals surface area contributed by atoms with Gasteiger partial charge in [-0.05, 0) is 42.7 Å². The monoisotopic (exact) mass is 374 g/mol. The van der Waals surface area contributed by atoms with Crippen LogP contribution in [0.3, 0.4) is 0 Å². The molecular formula is C19H13F3N2O3. The molecule has 1 aromatic heterocycles. The van der Waals surface area contributed by atoms with E-state index in [-0.39, 0.29) is 11.4 Å². The quantitative estimate of drug-likeness (QED) is 0.728. The number of amides is 1. The first-order chi connectivity index (χ1) is 12.9. The third-order valence-electron chi connectivity index (χ3n) is 4.26. The van der Waals surface area contributed by atoms with Crippen molar-refractivity contribution in [3.05, 3.63) is 65.4 Å². The molecule has 1 aliphatic carbocycles. The fourth-order valence-electron chi connectivity index (χ4n) is 3.08. The molecular weight excluding hydrogens is 361 g/mol. The van der Waals surface area contributed by atoms with Crippen molar-refractivity contribution in [3.8, 4) is 17.1 Å². The molecule has 1 amide bonds. The van der Waals surface area contributed by atoms with E-state index in [0.717, 1.165) is 35.2 Å². The van der Waals surface area contributed by atoms with E-state index < -0.39 is 12.3 Å². The average molecular weight is 374 g/mol. The van der Waals surface area contributed by atoms with Crippen LogP contribution in [0.1, 0.15) is 21.6 Å². The number of ether oxygens (including phenoxy) is 1. The van der Waals surface area contributed by atoms with Crippen molar-refractivity contribution in [3.63, 3.8) is 0 Å². The minimum absolute atomic E-state index is 0.176. The summed E-state index contributed by atoms with van der Waals surface area (Å²) in [5.41, 5.74) is 3.27. The van der Waals surface area contributed by atoms with Crippen LogP contribution in [0.15, 0.2) is 53.1 Å². The number of aryl methyl sites for hydroxylation is 1. The Kier molecular flexibility index (Phi) is 4.10. The Bertz CT molecular complexity index is 994.